The molecule has 6 heteroatoms. The van der Waals surface area contributed by atoms with Crippen molar-refractivity contribution in [1.82, 2.24) is 19.7 Å². The Morgan fingerprint density at radius 1 is 1.12 bits per heavy atom. The van der Waals surface area contributed by atoms with Gasteiger partial charge in [-0.3, -0.25) is 0 Å². The van der Waals surface area contributed by atoms with Crippen LogP contribution in [0, 0.1) is 0 Å². The molecule has 2 aromatic carbocycles. The van der Waals surface area contributed by atoms with Gasteiger partial charge in [-0.05, 0) is 0 Å². The second-order valence-electron chi connectivity index (χ2n) is 5.56. The number of hydrogen-bond donors (Lipinski definition) is 1. The summed E-state index contributed by atoms with van der Waals surface area (Å²) in [5.74, 6) is 1.71. The van der Waals surface area contributed by atoms with E-state index in [2.05, 4.69) is 28.3 Å². The SMILES string of the molecule is COc1ccc(Cn2nc([AsH2])cc2-c2nc3ccccc3[nH]2)cc1. The Morgan fingerprint density at radius 3 is 2.67 bits per heavy atom. The van der Waals surface area contributed by atoms with Crippen molar-refractivity contribution in [1.29, 1.82) is 0 Å². The number of hydrogen-bond acceptors (Lipinski definition) is 3. The van der Waals surface area contributed by atoms with Gasteiger partial charge in [0.15, 0.2) is 0 Å². The topological polar surface area (TPSA) is 55.7 Å². The maximum atomic E-state index is 5.22. The van der Waals surface area contributed by atoms with E-state index in [0.717, 1.165) is 32.8 Å². The molecule has 0 aliphatic rings. The Bertz CT molecular complexity index is 955. The second-order valence-corrected chi connectivity index (χ2v) is 6.80. The molecule has 4 aromatic rings. The molecule has 120 valence electrons. The number of H-pyrrole nitrogens is 1. The Balaban J connectivity index is 1.71. The molecule has 0 amide bonds. The molecule has 0 aliphatic heterocycles. The Hall–Kier alpha value is -2.52. The Labute approximate surface area is 148 Å². The van der Waals surface area contributed by atoms with Crippen LogP contribution >= 0.6 is 0 Å². The van der Waals surface area contributed by atoms with Gasteiger partial charge in [0.05, 0.1) is 0 Å². The number of rotatable bonds is 4. The first-order valence-corrected chi connectivity index (χ1v) is 8.85. The number of aromatic amines is 1. The number of ether oxygens (including phenoxy) is 1. The predicted molar refractivity (Wildman–Crippen MR) is 97.6 cm³/mol. The summed E-state index contributed by atoms with van der Waals surface area (Å²) in [4.78, 5) is 8.08. The average Bonchev–Trinajstić information content (AvgIpc) is 3.18. The van der Waals surface area contributed by atoms with Crippen LogP contribution in [-0.4, -0.2) is 43.7 Å². The van der Waals surface area contributed by atoms with Gasteiger partial charge in [-0.15, -0.1) is 0 Å². The van der Waals surface area contributed by atoms with Crippen LogP contribution in [0.1, 0.15) is 5.56 Å². The zero-order valence-electron chi connectivity index (χ0n) is 13.2. The van der Waals surface area contributed by atoms with E-state index in [0.29, 0.717) is 6.54 Å². The van der Waals surface area contributed by atoms with Crippen molar-refractivity contribution in [3.8, 4) is 17.3 Å². The van der Waals surface area contributed by atoms with Crippen LogP contribution in [0.25, 0.3) is 22.6 Å². The Morgan fingerprint density at radius 2 is 1.92 bits per heavy atom. The molecule has 0 fully saturated rings. The van der Waals surface area contributed by atoms with Gasteiger partial charge in [0.25, 0.3) is 0 Å². The number of aromatic nitrogens is 4. The molecular formula is C18H17AsN4O. The summed E-state index contributed by atoms with van der Waals surface area (Å²) >= 11 is 1.51. The molecule has 2 aromatic heterocycles. The summed E-state index contributed by atoms with van der Waals surface area (Å²) in [5, 5.41) is 4.65. The first-order valence-electron chi connectivity index (χ1n) is 7.64. The third-order valence-electron chi connectivity index (χ3n) is 3.92. The normalized spacial score (nSPS) is 11.1. The molecule has 4 rings (SSSR count). The summed E-state index contributed by atoms with van der Waals surface area (Å²) in [6, 6.07) is 18.2. The maximum absolute atomic E-state index is 5.22. The van der Waals surface area contributed by atoms with Crippen molar-refractivity contribution in [3.05, 3.63) is 60.2 Å². The van der Waals surface area contributed by atoms with Crippen LogP contribution in [0.5, 0.6) is 5.75 Å². The van der Waals surface area contributed by atoms with Gasteiger partial charge >= 0.3 is 148 Å². The standard InChI is InChI=1S/C18H17AsN4O/c1-24-13-8-6-12(7-9-13)11-23-16(10-17(19)22-23)18-20-14-4-2-3-5-15(14)21-18/h2-10H,11,19H2,1H3,(H,20,21). The molecule has 0 saturated carbocycles. The van der Waals surface area contributed by atoms with Gasteiger partial charge in [-0.2, -0.15) is 0 Å². The van der Waals surface area contributed by atoms with Gasteiger partial charge in [0.1, 0.15) is 0 Å². The van der Waals surface area contributed by atoms with Crippen molar-refractivity contribution < 1.29 is 4.74 Å². The molecule has 2 heterocycles. The van der Waals surface area contributed by atoms with Crippen molar-refractivity contribution >= 4 is 32.4 Å². The fourth-order valence-corrected chi connectivity index (χ4v) is 3.35. The number of benzene rings is 2. The van der Waals surface area contributed by atoms with Gasteiger partial charge in [-0.1, -0.05) is 0 Å². The van der Waals surface area contributed by atoms with Crippen LogP contribution in [-0.2, 0) is 6.54 Å². The zero-order chi connectivity index (χ0) is 16.5. The van der Waals surface area contributed by atoms with Gasteiger partial charge in [0.2, 0.25) is 0 Å². The first kappa shape index (κ1) is 15.0. The molecule has 0 aliphatic carbocycles. The molecule has 0 spiro atoms. The van der Waals surface area contributed by atoms with Crippen LogP contribution in [0.2, 0.25) is 0 Å². The molecule has 0 saturated heterocycles. The third kappa shape index (κ3) is 2.83. The average molecular weight is 380 g/mol. The first-order chi connectivity index (χ1) is 11.7. The second kappa shape index (κ2) is 6.17. The minimum absolute atomic E-state index is 0.695. The van der Waals surface area contributed by atoms with Crippen molar-refractivity contribution in [2.24, 2.45) is 0 Å². The summed E-state index contributed by atoms with van der Waals surface area (Å²) in [5.41, 5.74) is 4.17. The molecule has 0 radical (unpaired) electrons. The summed E-state index contributed by atoms with van der Waals surface area (Å²) in [6.45, 7) is 0.695. The van der Waals surface area contributed by atoms with E-state index in [1.54, 1.807) is 7.11 Å². The Kier molecular flexibility index (Phi) is 3.87. The predicted octanol–water partition coefficient (Wildman–Crippen LogP) is 1.74. The fraction of sp³-hybridized carbons (Fsp3) is 0.111. The van der Waals surface area contributed by atoms with Gasteiger partial charge in [0, 0.05) is 0 Å². The number of nitrogens with zero attached hydrogens (tertiary/aromatic N) is 3. The van der Waals surface area contributed by atoms with Crippen molar-refractivity contribution in [2.75, 3.05) is 7.11 Å². The number of nitrogens with one attached hydrogen (secondary N) is 1. The van der Waals surface area contributed by atoms with Crippen molar-refractivity contribution in [3.63, 3.8) is 0 Å². The van der Waals surface area contributed by atoms with E-state index < -0.39 is 0 Å². The summed E-state index contributed by atoms with van der Waals surface area (Å²) in [6.07, 6.45) is 0. The molecule has 0 bridgehead atoms. The molecule has 1 atom stereocenters. The van der Waals surface area contributed by atoms with Crippen LogP contribution in [0.15, 0.2) is 54.6 Å². The van der Waals surface area contributed by atoms with E-state index in [-0.39, 0.29) is 0 Å². The quantitative estimate of drug-likeness (QED) is 0.549. The molecule has 5 nitrogen and oxygen atoms in total. The van der Waals surface area contributed by atoms with Crippen LogP contribution in [0.4, 0.5) is 0 Å². The third-order valence-corrected chi connectivity index (χ3v) is 4.51. The van der Waals surface area contributed by atoms with E-state index in [1.807, 2.05) is 41.1 Å². The van der Waals surface area contributed by atoms with Crippen LogP contribution in [0.3, 0.4) is 0 Å². The summed E-state index contributed by atoms with van der Waals surface area (Å²) in [7, 11) is 1.67. The monoisotopic (exact) mass is 380 g/mol. The molecule has 24 heavy (non-hydrogen) atoms. The molecule has 1 N–H and O–H groups in total. The van der Waals surface area contributed by atoms with Crippen molar-refractivity contribution in [2.45, 2.75) is 6.54 Å². The fourth-order valence-electron chi connectivity index (χ4n) is 2.73. The number of para-hydroxylation sites is 2. The van der Waals surface area contributed by atoms with E-state index >= 15 is 0 Å². The number of fused-ring (bicyclic) bond motifs is 1. The van der Waals surface area contributed by atoms with E-state index in [1.165, 1.54) is 22.4 Å². The van der Waals surface area contributed by atoms with Crippen LogP contribution < -0.4 is 9.22 Å². The van der Waals surface area contributed by atoms with Gasteiger partial charge in [-0.25, -0.2) is 0 Å². The zero-order valence-corrected chi connectivity index (χ0v) is 15.7. The number of methoxy groups -OCH3 is 1. The molecule has 1 unspecified atom stereocenters. The summed E-state index contributed by atoms with van der Waals surface area (Å²) < 4.78 is 8.25. The molecular weight excluding hydrogens is 363 g/mol. The minimum atomic E-state index is 0.695. The van der Waals surface area contributed by atoms with E-state index in [9.17, 15) is 0 Å². The van der Waals surface area contributed by atoms with E-state index in [4.69, 9.17) is 9.72 Å². The number of imidazole rings is 1. The van der Waals surface area contributed by atoms with Gasteiger partial charge < -0.3 is 0 Å².